The summed E-state index contributed by atoms with van der Waals surface area (Å²) in [4.78, 5) is 25.9. The Morgan fingerprint density at radius 1 is 1.33 bits per heavy atom. The van der Waals surface area contributed by atoms with Gasteiger partial charge in [-0.15, -0.1) is 0 Å². The van der Waals surface area contributed by atoms with Gasteiger partial charge in [-0.05, 0) is 17.4 Å². The maximum Gasteiger partial charge on any atom is 0.416 e. The summed E-state index contributed by atoms with van der Waals surface area (Å²) in [5, 5.41) is 0. The van der Waals surface area contributed by atoms with E-state index in [4.69, 9.17) is 4.74 Å². The molecular weight excluding hydrogens is 266 g/mol. The van der Waals surface area contributed by atoms with Gasteiger partial charge >= 0.3 is 6.09 Å². The average Bonchev–Trinajstić information content (AvgIpc) is 2.78. The smallest absolute Gasteiger partial charge is 0.416 e. The molecule has 1 heterocycles. The van der Waals surface area contributed by atoms with E-state index in [1.165, 1.54) is 4.90 Å². The van der Waals surface area contributed by atoms with E-state index < -0.39 is 6.09 Å². The molecule has 0 aromatic heterocycles. The molecule has 2 atom stereocenters. The lowest BCUT2D eigenvalue weighted by molar-refractivity contribution is -0.136. The van der Waals surface area contributed by atoms with Crippen molar-refractivity contribution in [3.8, 4) is 0 Å². The van der Waals surface area contributed by atoms with Gasteiger partial charge in [-0.25, -0.2) is 9.69 Å². The van der Waals surface area contributed by atoms with Crippen molar-refractivity contribution in [2.75, 3.05) is 6.61 Å². The van der Waals surface area contributed by atoms with Crippen molar-refractivity contribution < 1.29 is 14.3 Å². The van der Waals surface area contributed by atoms with Crippen LogP contribution in [0.5, 0.6) is 0 Å². The molecule has 21 heavy (non-hydrogen) atoms. The van der Waals surface area contributed by atoms with E-state index in [0.29, 0.717) is 6.42 Å². The van der Waals surface area contributed by atoms with Crippen LogP contribution in [0.2, 0.25) is 0 Å². The highest BCUT2D eigenvalue weighted by Gasteiger charge is 2.42. The molecule has 0 aliphatic carbocycles. The summed E-state index contributed by atoms with van der Waals surface area (Å²) < 4.78 is 5.10. The molecule has 1 aliphatic heterocycles. The first-order valence-corrected chi connectivity index (χ1v) is 7.34. The van der Waals surface area contributed by atoms with Gasteiger partial charge in [0.05, 0.1) is 6.04 Å². The zero-order valence-corrected chi connectivity index (χ0v) is 13.1. The van der Waals surface area contributed by atoms with Gasteiger partial charge in [-0.2, -0.15) is 0 Å². The van der Waals surface area contributed by atoms with Crippen LogP contribution in [0.4, 0.5) is 4.79 Å². The summed E-state index contributed by atoms with van der Waals surface area (Å²) in [5.74, 6) is -0.382. The molecule has 0 spiro atoms. The number of carbonyl (C=O) groups is 2. The monoisotopic (exact) mass is 289 g/mol. The summed E-state index contributed by atoms with van der Waals surface area (Å²) in [7, 11) is 0. The molecule has 0 bridgehead atoms. The highest BCUT2D eigenvalue weighted by atomic mass is 16.6. The Morgan fingerprint density at radius 2 is 1.95 bits per heavy atom. The molecule has 4 heteroatoms. The maximum atomic E-state index is 12.6. The molecule has 0 saturated carbocycles. The highest BCUT2D eigenvalue weighted by Crippen LogP contribution is 2.29. The lowest BCUT2D eigenvalue weighted by atomic mass is 9.81. The fourth-order valence-corrected chi connectivity index (χ4v) is 2.35. The minimum absolute atomic E-state index is 0.147. The van der Waals surface area contributed by atoms with Crippen LogP contribution >= 0.6 is 0 Å². The predicted molar refractivity (Wildman–Crippen MR) is 80.7 cm³/mol. The molecule has 2 rings (SSSR count). The standard InChI is InChI=1S/C17H23NO3/c1-12(17(2,3)4)15(19)18-14(11-21-16(18)20)10-13-8-6-5-7-9-13/h5-9,12,14H,10-11H2,1-4H3. The van der Waals surface area contributed by atoms with Crippen LogP contribution in [0.1, 0.15) is 33.3 Å². The first-order chi connectivity index (χ1) is 9.80. The van der Waals surface area contributed by atoms with Crippen LogP contribution < -0.4 is 0 Å². The fourth-order valence-electron chi connectivity index (χ4n) is 2.35. The Kier molecular flexibility index (Phi) is 4.35. The topological polar surface area (TPSA) is 46.6 Å². The third-order valence-corrected chi connectivity index (χ3v) is 4.18. The molecule has 1 aromatic rings. The third kappa shape index (κ3) is 3.43. The molecule has 4 nitrogen and oxygen atoms in total. The van der Waals surface area contributed by atoms with Crippen molar-refractivity contribution in [2.24, 2.45) is 11.3 Å². The number of ether oxygens (including phenoxy) is 1. The second-order valence-electron chi connectivity index (χ2n) is 6.72. The molecule has 1 saturated heterocycles. The lowest BCUT2D eigenvalue weighted by Crippen LogP contribution is -2.45. The van der Waals surface area contributed by atoms with E-state index in [2.05, 4.69) is 0 Å². The van der Waals surface area contributed by atoms with E-state index in [-0.39, 0.29) is 29.9 Å². The number of rotatable bonds is 3. The molecule has 0 radical (unpaired) electrons. The highest BCUT2D eigenvalue weighted by molar-refractivity contribution is 5.95. The van der Waals surface area contributed by atoms with Crippen LogP contribution in [0.25, 0.3) is 0 Å². The second-order valence-corrected chi connectivity index (χ2v) is 6.72. The Bertz CT molecular complexity index is 519. The van der Waals surface area contributed by atoms with Crippen LogP contribution in [0.15, 0.2) is 30.3 Å². The normalized spacial score (nSPS) is 20.3. The number of hydrogen-bond donors (Lipinski definition) is 0. The molecular formula is C17H23NO3. The summed E-state index contributed by atoms with van der Waals surface area (Å²) in [6, 6.07) is 9.65. The summed E-state index contributed by atoms with van der Waals surface area (Å²) in [5.41, 5.74) is 0.916. The molecule has 1 aromatic carbocycles. The molecule has 2 amide bonds. The van der Waals surface area contributed by atoms with E-state index >= 15 is 0 Å². The first kappa shape index (κ1) is 15.5. The number of imide groups is 1. The van der Waals surface area contributed by atoms with E-state index in [9.17, 15) is 9.59 Å². The molecule has 1 aliphatic rings. The van der Waals surface area contributed by atoms with Crippen molar-refractivity contribution in [3.63, 3.8) is 0 Å². The number of cyclic esters (lactones) is 1. The summed E-state index contributed by atoms with van der Waals surface area (Å²) in [6.07, 6.45) is 0.117. The van der Waals surface area contributed by atoms with Gasteiger partial charge < -0.3 is 4.74 Å². The second kappa shape index (κ2) is 5.88. The van der Waals surface area contributed by atoms with Crippen LogP contribution in [-0.4, -0.2) is 29.5 Å². The van der Waals surface area contributed by atoms with Crippen molar-refractivity contribution in [1.29, 1.82) is 0 Å². The fraction of sp³-hybridized carbons (Fsp3) is 0.529. The third-order valence-electron chi connectivity index (χ3n) is 4.18. The van der Waals surface area contributed by atoms with Crippen molar-refractivity contribution >= 4 is 12.0 Å². The number of hydrogen-bond acceptors (Lipinski definition) is 3. The van der Waals surface area contributed by atoms with Gasteiger partial charge in [0, 0.05) is 5.92 Å². The summed E-state index contributed by atoms with van der Waals surface area (Å²) in [6.45, 7) is 8.15. The quantitative estimate of drug-likeness (QED) is 0.858. The Balaban J connectivity index is 2.15. The van der Waals surface area contributed by atoms with E-state index in [1.54, 1.807) is 0 Å². The Morgan fingerprint density at radius 3 is 2.52 bits per heavy atom. The summed E-state index contributed by atoms with van der Waals surface area (Å²) >= 11 is 0. The van der Waals surface area contributed by atoms with Gasteiger partial charge in [0.15, 0.2) is 0 Å². The SMILES string of the molecule is CC(C(=O)N1C(=O)OCC1Cc1ccccc1)C(C)(C)C. The average molecular weight is 289 g/mol. The lowest BCUT2D eigenvalue weighted by Gasteiger charge is -2.30. The van der Waals surface area contributed by atoms with Crippen molar-refractivity contribution in [3.05, 3.63) is 35.9 Å². The van der Waals surface area contributed by atoms with Crippen LogP contribution in [0.3, 0.4) is 0 Å². The van der Waals surface area contributed by atoms with E-state index in [0.717, 1.165) is 5.56 Å². The van der Waals surface area contributed by atoms with Gasteiger partial charge in [-0.1, -0.05) is 58.0 Å². The van der Waals surface area contributed by atoms with Crippen LogP contribution in [0, 0.1) is 11.3 Å². The molecule has 0 N–H and O–H groups in total. The molecule has 1 fully saturated rings. The van der Waals surface area contributed by atoms with Gasteiger partial charge in [0.25, 0.3) is 0 Å². The van der Waals surface area contributed by atoms with E-state index in [1.807, 2.05) is 58.0 Å². The molecule has 2 unspecified atom stereocenters. The Labute approximate surface area is 126 Å². The number of benzene rings is 1. The van der Waals surface area contributed by atoms with Crippen molar-refractivity contribution in [2.45, 2.75) is 40.2 Å². The van der Waals surface area contributed by atoms with Gasteiger partial charge in [-0.3, -0.25) is 4.79 Å². The van der Waals surface area contributed by atoms with Crippen molar-refractivity contribution in [1.82, 2.24) is 4.90 Å². The number of carbonyl (C=O) groups excluding carboxylic acids is 2. The molecule has 114 valence electrons. The first-order valence-electron chi connectivity index (χ1n) is 7.34. The maximum absolute atomic E-state index is 12.6. The number of amides is 2. The Hall–Kier alpha value is -1.84. The number of nitrogens with zero attached hydrogens (tertiary/aromatic N) is 1. The predicted octanol–water partition coefficient (Wildman–Crippen LogP) is 3.26. The largest absolute Gasteiger partial charge is 0.447 e. The van der Waals surface area contributed by atoms with Gasteiger partial charge in [0.2, 0.25) is 5.91 Å². The zero-order chi connectivity index (χ0) is 15.6. The zero-order valence-electron chi connectivity index (χ0n) is 13.1. The van der Waals surface area contributed by atoms with Gasteiger partial charge in [0.1, 0.15) is 6.61 Å². The minimum atomic E-state index is -0.517. The van der Waals surface area contributed by atoms with Crippen LogP contribution in [-0.2, 0) is 16.0 Å². The minimum Gasteiger partial charge on any atom is -0.447 e.